The normalized spacial score (nSPS) is 38.8. The minimum atomic E-state index is -0.240. The average molecular weight is 268 g/mol. The van der Waals surface area contributed by atoms with Crippen molar-refractivity contribution in [2.45, 2.75) is 64.6 Å². The molecule has 108 valence electrons. The summed E-state index contributed by atoms with van der Waals surface area (Å²) in [5, 5.41) is 5.80. The molecule has 5 heteroatoms. The molecule has 4 unspecified atom stereocenters. The summed E-state index contributed by atoms with van der Waals surface area (Å²) in [5.74, 6) is -0.350. The van der Waals surface area contributed by atoms with Gasteiger partial charge >= 0.3 is 0 Å². The van der Waals surface area contributed by atoms with Gasteiger partial charge in [0.25, 0.3) is 0 Å². The number of hydrogen-bond donors (Lipinski definition) is 2. The molecule has 2 N–H and O–H groups in total. The van der Waals surface area contributed by atoms with E-state index in [9.17, 15) is 9.59 Å². The SMILES string of the molecule is CCOC1CC(NC2CCC(=O)NC2=O)C1(C)CC. The molecule has 2 rings (SSSR count). The topological polar surface area (TPSA) is 67.4 Å². The van der Waals surface area contributed by atoms with E-state index in [0.717, 1.165) is 19.4 Å². The van der Waals surface area contributed by atoms with Crippen LogP contribution in [0.3, 0.4) is 0 Å². The molecule has 2 amide bonds. The molecular formula is C14H24N2O3. The molecule has 0 aromatic carbocycles. The van der Waals surface area contributed by atoms with Crippen LogP contribution in [0.2, 0.25) is 0 Å². The molecule has 0 spiro atoms. The van der Waals surface area contributed by atoms with Gasteiger partial charge in [0.15, 0.2) is 0 Å². The summed E-state index contributed by atoms with van der Waals surface area (Å²) in [6.07, 6.45) is 3.25. The number of ether oxygens (including phenoxy) is 1. The summed E-state index contributed by atoms with van der Waals surface area (Å²) in [6, 6.07) is 0.0501. The fraction of sp³-hybridized carbons (Fsp3) is 0.857. The van der Waals surface area contributed by atoms with E-state index in [1.807, 2.05) is 6.92 Å². The predicted octanol–water partition coefficient (Wildman–Crippen LogP) is 0.975. The maximum Gasteiger partial charge on any atom is 0.243 e. The lowest BCUT2D eigenvalue weighted by Crippen LogP contribution is -2.66. The van der Waals surface area contributed by atoms with Gasteiger partial charge in [0, 0.05) is 24.5 Å². The third kappa shape index (κ3) is 2.67. The molecule has 2 fully saturated rings. The molecule has 4 atom stereocenters. The Balaban J connectivity index is 1.93. The van der Waals surface area contributed by atoms with Gasteiger partial charge in [-0.2, -0.15) is 0 Å². The van der Waals surface area contributed by atoms with Crippen LogP contribution in [-0.2, 0) is 14.3 Å². The Kier molecular flexibility index (Phi) is 4.26. The summed E-state index contributed by atoms with van der Waals surface area (Å²) in [7, 11) is 0. The van der Waals surface area contributed by atoms with Gasteiger partial charge in [0.1, 0.15) is 0 Å². The van der Waals surface area contributed by atoms with Crippen molar-refractivity contribution in [2.24, 2.45) is 5.41 Å². The van der Waals surface area contributed by atoms with Gasteiger partial charge in [0.05, 0.1) is 12.1 Å². The fourth-order valence-corrected chi connectivity index (χ4v) is 3.10. The van der Waals surface area contributed by atoms with Crippen molar-refractivity contribution < 1.29 is 14.3 Å². The number of imide groups is 1. The van der Waals surface area contributed by atoms with Crippen molar-refractivity contribution in [3.05, 3.63) is 0 Å². The van der Waals surface area contributed by atoms with E-state index in [2.05, 4.69) is 24.5 Å². The van der Waals surface area contributed by atoms with Gasteiger partial charge < -0.3 is 10.1 Å². The Labute approximate surface area is 114 Å². The van der Waals surface area contributed by atoms with E-state index >= 15 is 0 Å². The molecule has 1 aliphatic heterocycles. The Hall–Kier alpha value is -0.940. The maximum atomic E-state index is 11.8. The van der Waals surface area contributed by atoms with Crippen molar-refractivity contribution in [3.63, 3.8) is 0 Å². The first-order valence-corrected chi connectivity index (χ1v) is 7.22. The molecule has 0 aromatic rings. The van der Waals surface area contributed by atoms with Crippen molar-refractivity contribution in [1.82, 2.24) is 10.6 Å². The third-order valence-corrected chi connectivity index (χ3v) is 4.75. The number of carbonyl (C=O) groups excluding carboxylic acids is 2. The second-order valence-corrected chi connectivity index (χ2v) is 5.76. The number of carbonyl (C=O) groups is 2. The summed E-state index contributed by atoms with van der Waals surface area (Å²) in [6.45, 7) is 7.10. The zero-order chi connectivity index (χ0) is 14.0. The minimum Gasteiger partial charge on any atom is -0.378 e. The quantitative estimate of drug-likeness (QED) is 0.729. The van der Waals surface area contributed by atoms with Gasteiger partial charge in [-0.3, -0.25) is 14.9 Å². The first-order valence-electron chi connectivity index (χ1n) is 7.22. The fourth-order valence-electron chi connectivity index (χ4n) is 3.10. The van der Waals surface area contributed by atoms with E-state index in [4.69, 9.17) is 4.74 Å². The van der Waals surface area contributed by atoms with Crippen LogP contribution in [0.4, 0.5) is 0 Å². The van der Waals surface area contributed by atoms with E-state index in [0.29, 0.717) is 12.8 Å². The molecular weight excluding hydrogens is 244 g/mol. The van der Waals surface area contributed by atoms with E-state index in [-0.39, 0.29) is 35.4 Å². The van der Waals surface area contributed by atoms with Crippen molar-refractivity contribution in [2.75, 3.05) is 6.61 Å². The van der Waals surface area contributed by atoms with Crippen molar-refractivity contribution in [1.29, 1.82) is 0 Å². The van der Waals surface area contributed by atoms with Crippen LogP contribution >= 0.6 is 0 Å². The minimum absolute atomic E-state index is 0.0811. The standard InChI is InChI=1S/C14H24N2O3/c1-4-14(3)10(8-11(14)19-5-2)15-9-6-7-12(17)16-13(9)18/h9-11,15H,4-8H2,1-3H3,(H,16,17,18). The molecule has 5 nitrogen and oxygen atoms in total. The van der Waals surface area contributed by atoms with Crippen LogP contribution in [0.1, 0.15) is 46.5 Å². The highest BCUT2D eigenvalue weighted by Gasteiger charge is 2.52. The number of piperidine rings is 1. The lowest BCUT2D eigenvalue weighted by Gasteiger charge is -2.54. The molecule has 1 heterocycles. The van der Waals surface area contributed by atoms with Gasteiger partial charge in [-0.1, -0.05) is 13.8 Å². The Morgan fingerprint density at radius 1 is 1.42 bits per heavy atom. The van der Waals surface area contributed by atoms with Gasteiger partial charge in [-0.25, -0.2) is 0 Å². The summed E-state index contributed by atoms with van der Waals surface area (Å²) < 4.78 is 5.75. The van der Waals surface area contributed by atoms with Crippen LogP contribution < -0.4 is 10.6 Å². The highest BCUT2D eigenvalue weighted by molar-refractivity contribution is 6.00. The summed E-state index contributed by atoms with van der Waals surface area (Å²) in [4.78, 5) is 22.9. The lowest BCUT2D eigenvalue weighted by atomic mass is 9.61. The van der Waals surface area contributed by atoms with E-state index in [1.165, 1.54) is 0 Å². The van der Waals surface area contributed by atoms with Crippen LogP contribution in [0.15, 0.2) is 0 Å². The zero-order valence-electron chi connectivity index (χ0n) is 12.0. The first kappa shape index (κ1) is 14.5. The van der Waals surface area contributed by atoms with Crippen LogP contribution in [0.25, 0.3) is 0 Å². The second kappa shape index (κ2) is 5.59. The summed E-state index contributed by atoms with van der Waals surface area (Å²) >= 11 is 0. The second-order valence-electron chi connectivity index (χ2n) is 5.76. The molecule has 1 saturated heterocycles. The smallest absolute Gasteiger partial charge is 0.243 e. The molecule has 0 bridgehead atoms. The van der Waals surface area contributed by atoms with Gasteiger partial charge in [0.2, 0.25) is 11.8 Å². The first-order chi connectivity index (χ1) is 9.01. The van der Waals surface area contributed by atoms with E-state index < -0.39 is 0 Å². The van der Waals surface area contributed by atoms with E-state index in [1.54, 1.807) is 0 Å². The van der Waals surface area contributed by atoms with Crippen molar-refractivity contribution in [3.8, 4) is 0 Å². The van der Waals surface area contributed by atoms with Crippen molar-refractivity contribution >= 4 is 11.8 Å². The van der Waals surface area contributed by atoms with Gasteiger partial charge in [-0.05, 0) is 26.2 Å². The average Bonchev–Trinajstić information content (AvgIpc) is 2.39. The molecule has 19 heavy (non-hydrogen) atoms. The molecule has 0 radical (unpaired) electrons. The predicted molar refractivity (Wildman–Crippen MR) is 71.5 cm³/mol. The lowest BCUT2D eigenvalue weighted by molar-refractivity contribution is -0.142. The Morgan fingerprint density at radius 3 is 2.74 bits per heavy atom. The highest BCUT2D eigenvalue weighted by atomic mass is 16.5. The highest BCUT2D eigenvalue weighted by Crippen LogP contribution is 2.46. The van der Waals surface area contributed by atoms with Gasteiger partial charge in [-0.15, -0.1) is 0 Å². The Morgan fingerprint density at radius 2 is 2.16 bits per heavy atom. The third-order valence-electron chi connectivity index (χ3n) is 4.75. The zero-order valence-corrected chi connectivity index (χ0v) is 12.0. The molecule has 0 aromatic heterocycles. The number of amides is 2. The molecule has 2 aliphatic rings. The largest absolute Gasteiger partial charge is 0.378 e. The Bertz CT molecular complexity index is 372. The monoisotopic (exact) mass is 268 g/mol. The number of hydrogen-bond acceptors (Lipinski definition) is 4. The van der Waals surface area contributed by atoms with Crippen LogP contribution in [-0.4, -0.2) is 36.6 Å². The number of nitrogens with one attached hydrogen (secondary N) is 2. The maximum absolute atomic E-state index is 11.8. The molecule has 1 aliphatic carbocycles. The summed E-state index contributed by atoms with van der Waals surface area (Å²) in [5.41, 5.74) is 0.0811. The van der Waals surface area contributed by atoms with Crippen LogP contribution in [0, 0.1) is 5.41 Å². The molecule has 1 saturated carbocycles. The van der Waals surface area contributed by atoms with Crippen LogP contribution in [0.5, 0.6) is 0 Å². The number of rotatable bonds is 5.